The lowest BCUT2D eigenvalue weighted by molar-refractivity contribution is -0.495. The Hall–Kier alpha value is -3.84. The van der Waals surface area contributed by atoms with E-state index in [2.05, 4.69) is 16.6 Å². The van der Waals surface area contributed by atoms with E-state index in [1.54, 1.807) is 0 Å². The number of benzene rings is 1. The summed E-state index contributed by atoms with van der Waals surface area (Å²) in [6.45, 7) is -0.127. The highest BCUT2D eigenvalue weighted by Gasteiger charge is 2.41. The number of esters is 1. The Kier molecular flexibility index (Phi) is 6.89. The van der Waals surface area contributed by atoms with Crippen LogP contribution in [0.1, 0.15) is 5.56 Å². The van der Waals surface area contributed by atoms with Crippen LogP contribution in [-0.2, 0) is 35.1 Å². The summed E-state index contributed by atoms with van der Waals surface area (Å²) < 4.78 is 20.9. The third-order valence-electron chi connectivity index (χ3n) is 4.65. The van der Waals surface area contributed by atoms with Crippen molar-refractivity contribution in [3.05, 3.63) is 69.2 Å². The van der Waals surface area contributed by atoms with Crippen LogP contribution in [0, 0.1) is 22.0 Å². The maximum atomic E-state index is 13.1. The Morgan fingerprint density at radius 1 is 1.29 bits per heavy atom. The number of nitrogens with zero attached hydrogens (tertiary/aromatic N) is 2. The highest BCUT2D eigenvalue weighted by atomic mass is 16.6. The van der Waals surface area contributed by atoms with Gasteiger partial charge >= 0.3 is 12.0 Å². The number of carbonyl (C=O) groups is 2. The van der Waals surface area contributed by atoms with Crippen LogP contribution >= 0.6 is 0 Å². The molecule has 0 N–H and O–H groups in total. The van der Waals surface area contributed by atoms with Gasteiger partial charge in [-0.15, -0.1) is 0 Å². The van der Waals surface area contributed by atoms with Gasteiger partial charge in [-0.05, 0) is 17.4 Å². The van der Waals surface area contributed by atoms with Gasteiger partial charge in [0.05, 0.1) is 20.8 Å². The van der Waals surface area contributed by atoms with E-state index in [4.69, 9.17) is 14.2 Å². The van der Waals surface area contributed by atoms with Gasteiger partial charge in [0.15, 0.2) is 11.8 Å². The van der Waals surface area contributed by atoms with Crippen molar-refractivity contribution in [2.75, 3.05) is 27.6 Å². The standard InChI is InChI=1S/C21H20N2O8/c1-28-19-10-15(20(24)22-13-30-12-17(22)21(25)29-2)16(23(26)27)8-9-18(19)31-11-14-6-4-3-5-7-14/h3-7,10,16-17H,11-13H2,1-2H3/t16?,17-/m0/s1. The fourth-order valence-corrected chi connectivity index (χ4v) is 3.03. The molecule has 2 aliphatic rings. The number of carbonyl (C=O) groups excluding carboxylic acids is 2. The van der Waals surface area contributed by atoms with Gasteiger partial charge in [-0.3, -0.25) is 19.8 Å². The monoisotopic (exact) mass is 428 g/mol. The molecule has 31 heavy (non-hydrogen) atoms. The molecule has 3 rings (SSSR count). The highest BCUT2D eigenvalue weighted by Crippen LogP contribution is 2.23. The topological polar surface area (TPSA) is 117 Å². The Morgan fingerprint density at radius 3 is 2.68 bits per heavy atom. The summed E-state index contributed by atoms with van der Waals surface area (Å²) in [6.07, 6.45) is 1.20. The molecule has 0 radical (unpaired) electrons. The number of methoxy groups -OCH3 is 2. The van der Waals surface area contributed by atoms with Crippen LogP contribution in [-0.4, -0.2) is 61.3 Å². The third kappa shape index (κ3) is 4.84. The van der Waals surface area contributed by atoms with Crippen LogP contribution in [0.4, 0.5) is 0 Å². The number of hydrogen-bond donors (Lipinski definition) is 0. The van der Waals surface area contributed by atoms with Crippen molar-refractivity contribution in [3.63, 3.8) is 0 Å². The van der Waals surface area contributed by atoms with Gasteiger partial charge in [0.1, 0.15) is 18.9 Å². The van der Waals surface area contributed by atoms with Crippen molar-refractivity contribution in [3.8, 4) is 11.8 Å². The van der Waals surface area contributed by atoms with E-state index in [-0.39, 0.29) is 37.0 Å². The Balaban J connectivity index is 1.93. The fraction of sp³-hybridized carbons (Fsp3) is 0.333. The van der Waals surface area contributed by atoms with Crippen molar-refractivity contribution in [2.45, 2.75) is 18.7 Å². The molecule has 10 heteroatoms. The van der Waals surface area contributed by atoms with Crippen molar-refractivity contribution in [1.29, 1.82) is 0 Å². The lowest BCUT2D eigenvalue weighted by atomic mass is 10.1. The van der Waals surface area contributed by atoms with Crippen LogP contribution < -0.4 is 0 Å². The molecule has 0 aromatic heterocycles. The number of allylic oxidation sites excluding steroid dienone is 2. The second-order valence-corrected chi connectivity index (χ2v) is 6.54. The summed E-state index contributed by atoms with van der Waals surface area (Å²) in [6, 6.07) is 6.60. The van der Waals surface area contributed by atoms with Gasteiger partial charge in [0.2, 0.25) is 5.76 Å². The number of nitro groups is 1. The molecule has 1 amide bonds. The zero-order valence-electron chi connectivity index (χ0n) is 16.9. The predicted molar refractivity (Wildman–Crippen MR) is 105 cm³/mol. The lowest BCUT2D eigenvalue weighted by Crippen LogP contribution is -2.45. The molecular formula is C21H20N2O8. The van der Waals surface area contributed by atoms with Gasteiger partial charge in [-0.25, -0.2) is 4.79 Å². The van der Waals surface area contributed by atoms with E-state index in [0.717, 1.165) is 10.5 Å². The second-order valence-electron chi connectivity index (χ2n) is 6.54. The van der Waals surface area contributed by atoms with E-state index < -0.39 is 28.9 Å². The molecular weight excluding hydrogens is 408 g/mol. The molecule has 0 saturated carbocycles. The van der Waals surface area contributed by atoms with Gasteiger partial charge in [0.25, 0.3) is 5.91 Å². The zero-order chi connectivity index (χ0) is 22.4. The van der Waals surface area contributed by atoms with Crippen molar-refractivity contribution >= 4 is 11.9 Å². The van der Waals surface area contributed by atoms with Gasteiger partial charge in [-0.1, -0.05) is 30.3 Å². The number of rotatable bonds is 7. The van der Waals surface area contributed by atoms with Crippen LogP contribution in [0.2, 0.25) is 0 Å². The molecule has 0 spiro atoms. The Morgan fingerprint density at radius 2 is 2.03 bits per heavy atom. The van der Waals surface area contributed by atoms with Gasteiger partial charge in [0, 0.05) is 11.0 Å². The average Bonchev–Trinajstić information content (AvgIpc) is 3.19. The molecule has 1 aliphatic carbocycles. The third-order valence-corrected chi connectivity index (χ3v) is 4.65. The van der Waals surface area contributed by atoms with Gasteiger partial charge in [-0.2, -0.15) is 0 Å². The van der Waals surface area contributed by atoms with E-state index >= 15 is 0 Å². The molecule has 10 nitrogen and oxygen atoms in total. The van der Waals surface area contributed by atoms with Crippen LogP contribution in [0.5, 0.6) is 0 Å². The molecule has 1 saturated heterocycles. The minimum absolute atomic E-state index is 0.0585. The molecule has 1 unspecified atom stereocenters. The van der Waals surface area contributed by atoms with Crippen LogP contribution in [0.15, 0.2) is 53.5 Å². The lowest BCUT2D eigenvalue weighted by Gasteiger charge is -2.22. The average molecular weight is 428 g/mol. The summed E-state index contributed by atoms with van der Waals surface area (Å²) in [7, 11) is 2.52. The molecule has 1 fully saturated rings. The first-order chi connectivity index (χ1) is 15.0. The molecule has 1 aromatic carbocycles. The van der Waals surface area contributed by atoms with E-state index in [1.807, 2.05) is 30.3 Å². The van der Waals surface area contributed by atoms with Gasteiger partial charge < -0.3 is 18.9 Å². The summed E-state index contributed by atoms with van der Waals surface area (Å²) in [5.74, 6) is 3.72. The number of amides is 1. The van der Waals surface area contributed by atoms with E-state index in [1.165, 1.54) is 20.3 Å². The zero-order valence-corrected chi connectivity index (χ0v) is 16.9. The summed E-state index contributed by atoms with van der Waals surface area (Å²) in [5.41, 5.74) is 0.588. The van der Waals surface area contributed by atoms with Crippen molar-refractivity contribution in [2.24, 2.45) is 0 Å². The van der Waals surface area contributed by atoms with E-state index in [0.29, 0.717) is 0 Å². The summed E-state index contributed by atoms with van der Waals surface area (Å²) >= 11 is 0. The maximum Gasteiger partial charge on any atom is 0.331 e. The first-order valence-electron chi connectivity index (χ1n) is 9.24. The second kappa shape index (κ2) is 9.77. The molecule has 1 aromatic rings. The molecule has 162 valence electrons. The Bertz CT molecular complexity index is 990. The molecule has 0 bridgehead atoms. The smallest absolute Gasteiger partial charge is 0.331 e. The summed E-state index contributed by atoms with van der Waals surface area (Å²) in [5, 5.41) is 11.7. The number of hydrogen-bond acceptors (Lipinski definition) is 8. The minimum atomic E-state index is -1.64. The molecule has 1 heterocycles. The first kappa shape index (κ1) is 21.9. The SMILES string of the molecule is COC(=O)[C@@H]1COCN1C(=O)C1=CC(OC)=C(OCc2ccccc2)C#CC1[N+](=O)[O-]. The maximum absolute atomic E-state index is 13.1. The number of ether oxygens (including phenoxy) is 4. The fourth-order valence-electron chi connectivity index (χ4n) is 3.03. The summed E-state index contributed by atoms with van der Waals surface area (Å²) in [4.78, 5) is 37.1. The van der Waals surface area contributed by atoms with E-state index in [9.17, 15) is 19.7 Å². The quantitative estimate of drug-likeness (QED) is 0.273. The largest absolute Gasteiger partial charge is 0.492 e. The predicted octanol–water partition coefficient (Wildman–Crippen LogP) is 1.01. The highest BCUT2D eigenvalue weighted by molar-refractivity contribution is 5.98. The van der Waals surface area contributed by atoms with Crippen molar-refractivity contribution in [1.82, 2.24) is 4.90 Å². The van der Waals surface area contributed by atoms with Crippen molar-refractivity contribution < 1.29 is 33.5 Å². The van der Waals surface area contributed by atoms with Crippen LogP contribution in [0.25, 0.3) is 0 Å². The molecule has 1 aliphatic heterocycles. The normalized spacial score (nSPS) is 20.2. The Labute approximate surface area is 178 Å². The first-order valence-corrected chi connectivity index (χ1v) is 9.24. The minimum Gasteiger partial charge on any atom is -0.492 e. The van der Waals surface area contributed by atoms with Crippen LogP contribution in [0.3, 0.4) is 0 Å². The molecule has 2 atom stereocenters.